The minimum absolute atomic E-state index is 0.0123. The van der Waals surface area contributed by atoms with Crippen molar-refractivity contribution in [2.45, 2.75) is 46.6 Å². The number of benzene rings is 2. The molecule has 0 spiro atoms. The van der Waals surface area contributed by atoms with Gasteiger partial charge in [0.05, 0.1) is 13.7 Å². The first-order valence-electron chi connectivity index (χ1n) is 9.83. The van der Waals surface area contributed by atoms with Crippen LogP contribution in [0.4, 0.5) is 10.5 Å². The zero-order chi connectivity index (χ0) is 21.4. The standard InChI is InChI=1S/C23H31N3O3/c1-15-12-16(2)22(17(3)13-15)26-21(27)14-24-23(28)25-18(4)6-7-19-8-10-20(29-5)11-9-19/h8-13,18H,6-7,14H2,1-5H3,(H,26,27)(H2,24,25,28). The maximum Gasteiger partial charge on any atom is 0.315 e. The lowest BCUT2D eigenvalue weighted by atomic mass is 10.1. The van der Waals surface area contributed by atoms with Crippen LogP contribution >= 0.6 is 0 Å². The molecule has 3 N–H and O–H groups in total. The first-order valence-corrected chi connectivity index (χ1v) is 9.83. The summed E-state index contributed by atoms with van der Waals surface area (Å²) in [5.74, 6) is 0.578. The lowest BCUT2D eigenvalue weighted by molar-refractivity contribution is -0.115. The normalized spacial score (nSPS) is 11.5. The van der Waals surface area contributed by atoms with Gasteiger partial charge in [0.15, 0.2) is 0 Å². The largest absolute Gasteiger partial charge is 0.497 e. The number of ether oxygens (including phenoxy) is 1. The van der Waals surface area contributed by atoms with Gasteiger partial charge in [-0.2, -0.15) is 0 Å². The highest BCUT2D eigenvalue weighted by molar-refractivity contribution is 5.95. The third-order valence-corrected chi connectivity index (χ3v) is 4.75. The molecular weight excluding hydrogens is 366 g/mol. The van der Waals surface area contributed by atoms with Crippen molar-refractivity contribution in [3.05, 3.63) is 58.7 Å². The highest BCUT2D eigenvalue weighted by Crippen LogP contribution is 2.21. The topological polar surface area (TPSA) is 79.5 Å². The van der Waals surface area contributed by atoms with Gasteiger partial charge < -0.3 is 20.7 Å². The van der Waals surface area contributed by atoms with Crippen LogP contribution in [0.2, 0.25) is 0 Å². The molecule has 0 saturated heterocycles. The third-order valence-electron chi connectivity index (χ3n) is 4.75. The lowest BCUT2D eigenvalue weighted by Gasteiger charge is -2.16. The molecule has 1 unspecified atom stereocenters. The van der Waals surface area contributed by atoms with E-state index < -0.39 is 0 Å². The molecule has 0 aliphatic carbocycles. The van der Waals surface area contributed by atoms with E-state index in [9.17, 15) is 9.59 Å². The SMILES string of the molecule is COc1ccc(CCC(C)NC(=O)NCC(=O)Nc2c(C)cc(C)cc2C)cc1. The average Bonchev–Trinajstić information content (AvgIpc) is 2.68. The molecule has 0 saturated carbocycles. The molecule has 3 amide bonds. The maximum atomic E-state index is 12.2. The molecule has 1 atom stereocenters. The molecule has 2 aromatic carbocycles. The van der Waals surface area contributed by atoms with Gasteiger partial charge >= 0.3 is 6.03 Å². The summed E-state index contributed by atoms with van der Waals surface area (Å²) in [6.07, 6.45) is 1.64. The van der Waals surface area contributed by atoms with Gasteiger partial charge in [0, 0.05) is 11.7 Å². The molecule has 0 bridgehead atoms. The Bertz CT molecular complexity index is 824. The molecule has 6 nitrogen and oxygen atoms in total. The van der Waals surface area contributed by atoms with Gasteiger partial charge in [0.2, 0.25) is 5.91 Å². The predicted octanol–water partition coefficient (Wildman–Crippen LogP) is 3.88. The van der Waals surface area contributed by atoms with E-state index in [2.05, 4.69) is 16.0 Å². The van der Waals surface area contributed by atoms with Crippen LogP contribution in [0, 0.1) is 20.8 Å². The fourth-order valence-electron chi connectivity index (χ4n) is 3.24. The number of carbonyl (C=O) groups is 2. The second-order valence-corrected chi connectivity index (χ2v) is 7.44. The fourth-order valence-corrected chi connectivity index (χ4v) is 3.24. The van der Waals surface area contributed by atoms with Gasteiger partial charge in [0.1, 0.15) is 5.75 Å². The number of hydrogen-bond acceptors (Lipinski definition) is 3. The Hall–Kier alpha value is -3.02. The first-order chi connectivity index (χ1) is 13.8. The Morgan fingerprint density at radius 1 is 1.03 bits per heavy atom. The maximum absolute atomic E-state index is 12.2. The molecule has 156 valence electrons. The Morgan fingerprint density at radius 2 is 1.66 bits per heavy atom. The van der Waals surface area contributed by atoms with Gasteiger partial charge in [-0.05, 0) is 69.4 Å². The summed E-state index contributed by atoms with van der Waals surface area (Å²) < 4.78 is 5.15. The number of methoxy groups -OCH3 is 1. The van der Waals surface area contributed by atoms with Crippen LogP contribution in [-0.4, -0.2) is 31.6 Å². The Labute approximate surface area is 173 Å². The van der Waals surface area contributed by atoms with Crippen LogP contribution in [-0.2, 0) is 11.2 Å². The van der Waals surface area contributed by atoms with Crippen molar-refractivity contribution < 1.29 is 14.3 Å². The quantitative estimate of drug-likeness (QED) is 0.632. The van der Waals surface area contributed by atoms with E-state index in [1.54, 1.807) is 7.11 Å². The second-order valence-electron chi connectivity index (χ2n) is 7.44. The van der Waals surface area contributed by atoms with Crippen molar-refractivity contribution in [1.29, 1.82) is 0 Å². The van der Waals surface area contributed by atoms with E-state index in [0.717, 1.165) is 41.0 Å². The lowest BCUT2D eigenvalue weighted by Crippen LogP contribution is -2.43. The minimum atomic E-state index is -0.347. The van der Waals surface area contributed by atoms with E-state index in [1.165, 1.54) is 5.56 Å². The van der Waals surface area contributed by atoms with Crippen LogP contribution in [0.25, 0.3) is 0 Å². The van der Waals surface area contributed by atoms with Crippen molar-refractivity contribution in [1.82, 2.24) is 10.6 Å². The summed E-state index contributed by atoms with van der Waals surface area (Å²) >= 11 is 0. The average molecular weight is 398 g/mol. The molecule has 0 radical (unpaired) electrons. The number of carbonyl (C=O) groups excluding carboxylic acids is 2. The molecule has 0 aliphatic rings. The molecule has 0 fully saturated rings. The van der Waals surface area contributed by atoms with Crippen molar-refractivity contribution in [3.63, 3.8) is 0 Å². The zero-order valence-corrected chi connectivity index (χ0v) is 17.9. The summed E-state index contributed by atoms with van der Waals surface area (Å²) in [5.41, 5.74) is 5.15. The number of rotatable bonds is 8. The molecule has 2 rings (SSSR count). The first kappa shape index (κ1) is 22.3. The molecule has 2 aromatic rings. The fraction of sp³-hybridized carbons (Fsp3) is 0.391. The highest BCUT2D eigenvalue weighted by Gasteiger charge is 2.11. The molecular formula is C23H31N3O3. The van der Waals surface area contributed by atoms with Crippen LogP contribution in [0.1, 0.15) is 35.6 Å². The summed E-state index contributed by atoms with van der Waals surface area (Å²) in [6, 6.07) is 11.6. The van der Waals surface area contributed by atoms with Crippen molar-refractivity contribution in [2.24, 2.45) is 0 Å². The molecule has 0 heterocycles. The zero-order valence-electron chi connectivity index (χ0n) is 17.9. The van der Waals surface area contributed by atoms with E-state index in [4.69, 9.17) is 4.74 Å². The van der Waals surface area contributed by atoms with Gasteiger partial charge in [-0.1, -0.05) is 29.8 Å². The number of urea groups is 1. The van der Waals surface area contributed by atoms with Crippen LogP contribution in [0.3, 0.4) is 0 Å². The van der Waals surface area contributed by atoms with Gasteiger partial charge in [-0.3, -0.25) is 4.79 Å². The summed E-state index contributed by atoms with van der Waals surface area (Å²) in [4.78, 5) is 24.3. The number of aryl methyl sites for hydroxylation is 4. The monoisotopic (exact) mass is 397 g/mol. The van der Waals surface area contributed by atoms with Crippen LogP contribution < -0.4 is 20.7 Å². The smallest absolute Gasteiger partial charge is 0.315 e. The van der Waals surface area contributed by atoms with Crippen molar-refractivity contribution in [2.75, 3.05) is 19.0 Å². The predicted molar refractivity (Wildman–Crippen MR) is 117 cm³/mol. The van der Waals surface area contributed by atoms with Gasteiger partial charge in [0.25, 0.3) is 0 Å². The van der Waals surface area contributed by atoms with Crippen LogP contribution in [0.5, 0.6) is 5.75 Å². The molecule has 0 aliphatic heterocycles. The van der Waals surface area contributed by atoms with E-state index in [1.807, 2.05) is 64.1 Å². The van der Waals surface area contributed by atoms with E-state index >= 15 is 0 Å². The highest BCUT2D eigenvalue weighted by atomic mass is 16.5. The Kier molecular flexibility index (Phi) is 8.07. The summed E-state index contributed by atoms with van der Waals surface area (Å²) in [7, 11) is 1.64. The number of nitrogens with one attached hydrogen (secondary N) is 3. The summed E-state index contributed by atoms with van der Waals surface area (Å²) in [6.45, 7) is 7.81. The third kappa shape index (κ3) is 7.14. The van der Waals surface area contributed by atoms with Gasteiger partial charge in [-0.25, -0.2) is 4.79 Å². The minimum Gasteiger partial charge on any atom is -0.497 e. The van der Waals surface area contributed by atoms with Crippen molar-refractivity contribution >= 4 is 17.6 Å². The Morgan fingerprint density at radius 3 is 2.24 bits per heavy atom. The van der Waals surface area contributed by atoms with Crippen LogP contribution in [0.15, 0.2) is 36.4 Å². The number of hydrogen-bond donors (Lipinski definition) is 3. The molecule has 0 aromatic heterocycles. The number of amides is 3. The molecule has 6 heteroatoms. The number of anilines is 1. The van der Waals surface area contributed by atoms with Gasteiger partial charge in [-0.15, -0.1) is 0 Å². The Balaban J connectivity index is 1.73. The van der Waals surface area contributed by atoms with E-state index in [-0.39, 0.29) is 24.5 Å². The second kappa shape index (κ2) is 10.5. The summed E-state index contributed by atoms with van der Waals surface area (Å²) in [5, 5.41) is 8.36. The molecule has 29 heavy (non-hydrogen) atoms. The van der Waals surface area contributed by atoms with Crippen molar-refractivity contribution in [3.8, 4) is 5.75 Å². The van der Waals surface area contributed by atoms with E-state index in [0.29, 0.717) is 0 Å².